The van der Waals surface area contributed by atoms with Crippen LogP contribution in [0.4, 0.5) is 15.8 Å². The summed E-state index contributed by atoms with van der Waals surface area (Å²) in [5.41, 5.74) is 3.50. The number of aryl methyl sites for hydroxylation is 1. The van der Waals surface area contributed by atoms with E-state index >= 15 is 0 Å². The average Bonchev–Trinajstić information content (AvgIpc) is 2.63. The van der Waals surface area contributed by atoms with Crippen molar-refractivity contribution in [2.45, 2.75) is 13.3 Å². The van der Waals surface area contributed by atoms with Gasteiger partial charge in [-0.3, -0.25) is 4.79 Å². The molecule has 0 N–H and O–H groups in total. The number of hydrogen-bond donors (Lipinski definition) is 0. The highest BCUT2D eigenvalue weighted by Crippen LogP contribution is 2.26. The van der Waals surface area contributed by atoms with Gasteiger partial charge < -0.3 is 4.90 Å². The molecule has 0 saturated heterocycles. The Morgan fingerprint density at radius 2 is 1.88 bits per heavy atom. The lowest BCUT2D eigenvalue weighted by Gasteiger charge is -2.20. The van der Waals surface area contributed by atoms with E-state index in [9.17, 15) is 9.18 Å². The quantitative estimate of drug-likeness (QED) is 0.658. The molecule has 1 heterocycles. The molecule has 0 bridgehead atoms. The molecular formula is C20H18FN3O. The van der Waals surface area contributed by atoms with Crippen LogP contribution in [0, 0.1) is 12.7 Å². The van der Waals surface area contributed by atoms with Crippen LogP contribution in [0.3, 0.4) is 0 Å². The Hall–Kier alpha value is -3.08. The van der Waals surface area contributed by atoms with Crippen molar-refractivity contribution in [2.24, 2.45) is 0 Å². The van der Waals surface area contributed by atoms with Gasteiger partial charge in [0.1, 0.15) is 12.1 Å². The Bertz CT molecular complexity index is 896. The standard InChI is InChI=1S/C20H18FN3O/c1-14-4-3-5-16(8-14)20(25)10-15-6-7-18(21)19(9-15)24(2)17-11-22-13-23-12-17/h3-9,11-13H,10H2,1-2H3. The number of carbonyl (C=O) groups excluding carboxylic acids is 1. The largest absolute Gasteiger partial charge is 0.340 e. The first-order valence-electron chi connectivity index (χ1n) is 7.91. The third-order valence-electron chi connectivity index (χ3n) is 4.01. The number of Topliss-reactive ketones (excluding diaryl/α,β-unsaturated/α-hetero) is 1. The van der Waals surface area contributed by atoms with Gasteiger partial charge in [-0.05, 0) is 30.7 Å². The Morgan fingerprint density at radius 1 is 1.12 bits per heavy atom. The second-order valence-electron chi connectivity index (χ2n) is 5.91. The van der Waals surface area contributed by atoms with Crippen LogP contribution in [0.15, 0.2) is 61.2 Å². The summed E-state index contributed by atoms with van der Waals surface area (Å²) >= 11 is 0. The lowest BCUT2D eigenvalue weighted by atomic mass is 10.0. The highest BCUT2D eigenvalue weighted by Gasteiger charge is 2.13. The van der Waals surface area contributed by atoms with E-state index in [0.717, 1.165) is 11.1 Å². The fourth-order valence-corrected chi connectivity index (χ4v) is 2.63. The van der Waals surface area contributed by atoms with E-state index in [2.05, 4.69) is 9.97 Å². The number of halogens is 1. The van der Waals surface area contributed by atoms with Crippen LogP contribution in [0.25, 0.3) is 0 Å². The van der Waals surface area contributed by atoms with Gasteiger partial charge >= 0.3 is 0 Å². The van der Waals surface area contributed by atoms with Gasteiger partial charge in [0.25, 0.3) is 0 Å². The number of ketones is 1. The molecule has 126 valence electrons. The second-order valence-corrected chi connectivity index (χ2v) is 5.91. The van der Waals surface area contributed by atoms with Crippen LogP contribution in [-0.4, -0.2) is 22.8 Å². The molecule has 0 atom stereocenters. The summed E-state index contributed by atoms with van der Waals surface area (Å²) in [6.45, 7) is 1.95. The molecule has 0 spiro atoms. The van der Waals surface area contributed by atoms with Gasteiger partial charge in [0.2, 0.25) is 0 Å². The van der Waals surface area contributed by atoms with Crippen molar-refractivity contribution in [1.29, 1.82) is 0 Å². The first kappa shape index (κ1) is 16.8. The topological polar surface area (TPSA) is 46.1 Å². The van der Waals surface area contributed by atoms with Crippen molar-refractivity contribution < 1.29 is 9.18 Å². The van der Waals surface area contributed by atoms with Gasteiger partial charge in [-0.15, -0.1) is 0 Å². The number of rotatable bonds is 5. The highest BCUT2D eigenvalue weighted by atomic mass is 19.1. The summed E-state index contributed by atoms with van der Waals surface area (Å²) in [5, 5.41) is 0. The van der Waals surface area contributed by atoms with Crippen molar-refractivity contribution >= 4 is 17.2 Å². The van der Waals surface area contributed by atoms with E-state index in [1.54, 1.807) is 42.5 Å². The Morgan fingerprint density at radius 3 is 2.60 bits per heavy atom. The van der Waals surface area contributed by atoms with Crippen LogP contribution in [0.2, 0.25) is 0 Å². The summed E-state index contributed by atoms with van der Waals surface area (Å²) in [4.78, 5) is 22.0. The molecule has 25 heavy (non-hydrogen) atoms. The maximum absolute atomic E-state index is 14.3. The SMILES string of the molecule is Cc1cccc(C(=O)Cc2ccc(F)c(N(C)c3cncnc3)c2)c1. The zero-order valence-electron chi connectivity index (χ0n) is 14.1. The minimum absolute atomic E-state index is 0.00644. The maximum atomic E-state index is 14.3. The first-order valence-corrected chi connectivity index (χ1v) is 7.91. The molecule has 3 rings (SSSR count). The fourth-order valence-electron chi connectivity index (χ4n) is 2.63. The predicted octanol–water partition coefficient (Wildman–Crippen LogP) is 4.12. The van der Waals surface area contributed by atoms with Crippen LogP contribution in [0.5, 0.6) is 0 Å². The van der Waals surface area contributed by atoms with Crippen LogP contribution < -0.4 is 4.90 Å². The number of anilines is 2. The summed E-state index contributed by atoms with van der Waals surface area (Å²) in [5.74, 6) is -0.356. The minimum Gasteiger partial charge on any atom is -0.340 e. The third kappa shape index (κ3) is 3.88. The van der Waals surface area contributed by atoms with Crippen molar-refractivity contribution in [3.8, 4) is 0 Å². The molecule has 0 unspecified atom stereocenters. The number of hydrogen-bond acceptors (Lipinski definition) is 4. The van der Waals surface area contributed by atoms with E-state index < -0.39 is 0 Å². The summed E-state index contributed by atoms with van der Waals surface area (Å²) in [6.07, 6.45) is 4.86. The molecule has 0 aliphatic carbocycles. The van der Waals surface area contributed by atoms with Gasteiger partial charge in [-0.2, -0.15) is 0 Å². The van der Waals surface area contributed by atoms with E-state index in [0.29, 0.717) is 16.9 Å². The molecule has 0 fully saturated rings. The van der Waals surface area contributed by atoms with Crippen molar-refractivity contribution in [3.63, 3.8) is 0 Å². The second kappa shape index (κ2) is 7.21. The number of aromatic nitrogens is 2. The molecule has 0 amide bonds. The van der Waals surface area contributed by atoms with Crippen molar-refractivity contribution in [3.05, 3.63) is 83.7 Å². The van der Waals surface area contributed by atoms with Gasteiger partial charge in [0.05, 0.1) is 23.8 Å². The minimum atomic E-state index is -0.363. The van der Waals surface area contributed by atoms with Gasteiger partial charge in [0, 0.05) is 19.0 Å². The first-order chi connectivity index (χ1) is 12.0. The number of nitrogens with zero attached hydrogens (tertiary/aromatic N) is 3. The van der Waals surface area contributed by atoms with E-state index in [1.165, 1.54) is 12.4 Å². The molecule has 0 aliphatic heterocycles. The molecule has 4 nitrogen and oxygen atoms in total. The van der Waals surface area contributed by atoms with Gasteiger partial charge in [-0.25, -0.2) is 14.4 Å². The monoisotopic (exact) mass is 335 g/mol. The lowest BCUT2D eigenvalue weighted by Crippen LogP contribution is -2.13. The number of benzene rings is 2. The summed E-state index contributed by atoms with van der Waals surface area (Å²) in [7, 11) is 1.74. The molecule has 0 saturated carbocycles. The van der Waals surface area contributed by atoms with E-state index in [4.69, 9.17) is 0 Å². The maximum Gasteiger partial charge on any atom is 0.167 e. The lowest BCUT2D eigenvalue weighted by molar-refractivity contribution is 0.0993. The van der Waals surface area contributed by atoms with Crippen LogP contribution >= 0.6 is 0 Å². The molecular weight excluding hydrogens is 317 g/mol. The molecule has 3 aromatic rings. The van der Waals surface area contributed by atoms with Gasteiger partial charge in [-0.1, -0.05) is 29.8 Å². The molecule has 0 aliphatic rings. The van der Waals surface area contributed by atoms with Crippen LogP contribution in [0.1, 0.15) is 21.5 Å². The average molecular weight is 335 g/mol. The zero-order valence-corrected chi connectivity index (χ0v) is 14.1. The Labute approximate surface area is 146 Å². The number of carbonyl (C=O) groups is 1. The predicted molar refractivity (Wildman–Crippen MR) is 95.7 cm³/mol. The highest BCUT2D eigenvalue weighted by molar-refractivity contribution is 5.97. The summed E-state index contributed by atoms with van der Waals surface area (Å²) in [6, 6.07) is 12.2. The normalized spacial score (nSPS) is 10.5. The molecule has 2 aromatic carbocycles. The molecule has 5 heteroatoms. The smallest absolute Gasteiger partial charge is 0.167 e. The summed E-state index contributed by atoms with van der Waals surface area (Å²) < 4.78 is 14.3. The third-order valence-corrected chi connectivity index (χ3v) is 4.01. The zero-order chi connectivity index (χ0) is 17.8. The van der Waals surface area contributed by atoms with E-state index in [-0.39, 0.29) is 18.0 Å². The Balaban J connectivity index is 1.85. The van der Waals surface area contributed by atoms with Crippen molar-refractivity contribution in [1.82, 2.24) is 9.97 Å². The Kier molecular flexibility index (Phi) is 4.84. The van der Waals surface area contributed by atoms with Gasteiger partial charge in [0.15, 0.2) is 5.78 Å². The van der Waals surface area contributed by atoms with Crippen LogP contribution in [-0.2, 0) is 6.42 Å². The molecule has 1 aromatic heterocycles. The fraction of sp³-hybridized carbons (Fsp3) is 0.150. The molecule has 0 radical (unpaired) electrons. The van der Waals surface area contributed by atoms with Crippen molar-refractivity contribution in [2.75, 3.05) is 11.9 Å². The van der Waals surface area contributed by atoms with E-state index in [1.807, 2.05) is 25.1 Å².